The lowest BCUT2D eigenvalue weighted by molar-refractivity contribution is -0.201. The molecule has 0 N–H and O–H groups in total. The molecule has 10 nitrogen and oxygen atoms in total. The lowest BCUT2D eigenvalue weighted by atomic mass is 9.81. The molecule has 0 aliphatic carbocycles. The highest BCUT2D eigenvalue weighted by atomic mass is 16.7. The molecule has 3 aromatic rings. The Balaban J connectivity index is 1.07. The van der Waals surface area contributed by atoms with Gasteiger partial charge in [0.25, 0.3) is 17.7 Å². The fourth-order valence-electron chi connectivity index (χ4n) is 10.0. The lowest BCUT2D eigenvalue weighted by Gasteiger charge is -2.39. The van der Waals surface area contributed by atoms with Crippen molar-refractivity contribution in [3.8, 4) is 11.5 Å². The molecule has 7 heterocycles. The molecular weight excluding hydrogens is 656 g/mol. The number of aryl methyl sites for hydroxylation is 2. The molecule has 0 atom stereocenters. The van der Waals surface area contributed by atoms with Crippen LogP contribution in [-0.4, -0.2) is 72.9 Å². The SMILES string of the molecule is O=C(ON1C(=O)CCC1=O)C1CCN(C(=O)c2ccccc2C2=c3cc4c5c(c3Oc3c2cc2c6c3CCCN6CCC2)CCC[N+]=5CCC4)CC1. The Bertz CT molecular complexity index is 2210. The predicted octanol–water partition coefficient (Wildman–Crippen LogP) is 3.58. The van der Waals surface area contributed by atoms with Gasteiger partial charge in [0.05, 0.1) is 11.5 Å². The van der Waals surface area contributed by atoms with Crippen molar-refractivity contribution in [2.75, 3.05) is 44.2 Å². The van der Waals surface area contributed by atoms with Gasteiger partial charge < -0.3 is 19.4 Å². The Hall–Kier alpha value is -4.99. The van der Waals surface area contributed by atoms with E-state index in [1.807, 2.05) is 23.1 Å². The van der Waals surface area contributed by atoms with Crippen LogP contribution in [0.15, 0.2) is 36.4 Å². The summed E-state index contributed by atoms with van der Waals surface area (Å²) in [5.74, 6) is -0.179. The van der Waals surface area contributed by atoms with Gasteiger partial charge >= 0.3 is 5.97 Å². The van der Waals surface area contributed by atoms with Crippen LogP contribution in [0.25, 0.3) is 5.57 Å². The summed E-state index contributed by atoms with van der Waals surface area (Å²) >= 11 is 0. The van der Waals surface area contributed by atoms with Crippen LogP contribution in [0.2, 0.25) is 0 Å². The third kappa shape index (κ3) is 4.93. The van der Waals surface area contributed by atoms with Crippen LogP contribution in [0.1, 0.15) is 95.1 Å². The molecule has 10 rings (SSSR count). The highest BCUT2D eigenvalue weighted by Crippen LogP contribution is 2.49. The molecule has 0 radical (unpaired) electrons. The molecule has 10 heteroatoms. The molecule has 2 saturated heterocycles. The van der Waals surface area contributed by atoms with Crippen LogP contribution in [0, 0.1) is 5.92 Å². The van der Waals surface area contributed by atoms with Crippen molar-refractivity contribution in [1.82, 2.24) is 14.5 Å². The van der Waals surface area contributed by atoms with Crippen LogP contribution in [0.4, 0.5) is 5.69 Å². The zero-order chi connectivity index (χ0) is 35.1. The van der Waals surface area contributed by atoms with Gasteiger partial charge in [-0.1, -0.05) is 18.2 Å². The van der Waals surface area contributed by atoms with Crippen molar-refractivity contribution in [1.29, 1.82) is 0 Å². The number of carbonyl (C=O) groups excluding carboxylic acids is 4. The Morgan fingerprint density at radius 2 is 1.46 bits per heavy atom. The second-order valence-corrected chi connectivity index (χ2v) is 15.4. The number of piperidine rings is 1. The molecule has 0 aromatic heterocycles. The van der Waals surface area contributed by atoms with Gasteiger partial charge in [-0.3, -0.25) is 14.4 Å². The highest BCUT2D eigenvalue weighted by Gasteiger charge is 2.39. The standard InChI is InChI=1S/C42H43N4O6/c47-34-13-14-35(48)46(34)52-42(50)25-15-21-45(22-16-25)41(49)29-10-2-1-9-28(29)36-32-23-26-7-3-17-43-19-5-11-30(37(26)43)39(32)51-40-31-12-6-20-44-18-4-8-27(38(31)44)24-33(36)40/h1-2,9-10,23-25H,3-8,11-22H2/q+1. The summed E-state index contributed by atoms with van der Waals surface area (Å²) < 4.78 is 9.79. The summed E-state index contributed by atoms with van der Waals surface area (Å²) in [6.07, 6.45) is 9.42. The Labute approximate surface area is 302 Å². The van der Waals surface area contributed by atoms with Crippen LogP contribution in [0.5, 0.6) is 11.5 Å². The number of benzene rings is 3. The maximum atomic E-state index is 14.6. The van der Waals surface area contributed by atoms with Gasteiger partial charge in [0.2, 0.25) is 5.36 Å². The third-order valence-corrected chi connectivity index (χ3v) is 12.4. The predicted molar refractivity (Wildman–Crippen MR) is 193 cm³/mol. The molecule has 3 amide bonds. The number of amides is 3. The minimum absolute atomic E-state index is 0.0585. The van der Waals surface area contributed by atoms with E-state index in [2.05, 4.69) is 27.7 Å². The number of rotatable bonds is 4. The Morgan fingerprint density at radius 3 is 2.27 bits per heavy atom. The minimum atomic E-state index is -0.584. The maximum absolute atomic E-state index is 14.6. The zero-order valence-corrected chi connectivity index (χ0v) is 29.5. The number of likely N-dealkylation sites (tertiary alicyclic amines) is 1. The average Bonchev–Trinajstić information content (AvgIpc) is 3.50. The minimum Gasteiger partial charge on any atom is -0.455 e. The summed E-state index contributed by atoms with van der Waals surface area (Å²) in [7, 11) is 0. The van der Waals surface area contributed by atoms with Gasteiger partial charge in [0.1, 0.15) is 24.6 Å². The van der Waals surface area contributed by atoms with E-state index in [0.717, 1.165) is 111 Å². The summed E-state index contributed by atoms with van der Waals surface area (Å²) in [6, 6.07) is 12.8. The van der Waals surface area contributed by atoms with Gasteiger partial charge in [0.15, 0.2) is 0 Å². The first-order chi connectivity index (χ1) is 25.4. The quantitative estimate of drug-likeness (QED) is 0.237. The molecule has 0 saturated carbocycles. The fraction of sp³-hybridized carbons (Fsp3) is 0.452. The molecule has 266 valence electrons. The number of hydrogen-bond donors (Lipinski definition) is 0. The molecule has 7 aliphatic heterocycles. The van der Waals surface area contributed by atoms with E-state index >= 15 is 0 Å². The second-order valence-electron chi connectivity index (χ2n) is 15.4. The van der Waals surface area contributed by atoms with Crippen molar-refractivity contribution >= 4 is 35.0 Å². The van der Waals surface area contributed by atoms with E-state index < -0.39 is 23.7 Å². The fourth-order valence-corrected chi connectivity index (χ4v) is 10.0. The van der Waals surface area contributed by atoms with Crippen LogP contribution < -0.4 is 24.8 Å². The first-order valence-corrected chi connectivity index (χ1v) is 19.3. The summed E-state index contributed by atoms with van der Waals surface area (Å²) in [5.41, 5.74) is 10.5. The molecule has 0 bridgehead atoms. The van der Waals surface area contributed by atoms with Gasteiger partial charge in [-0.2, -0.15) is 0 Å². The average molecular weight is 700 g/mol. The largest absolute Gasteiger partial charge is 0.455 e. The zero-order valence-electron chi connectivity index (χ0n) is 29.5. The number of hydrogen-bond acceptors (Lipinski definition) is 7. The number of fused-ring (bicyclic) bond motifs is 4. The first-order valence-electron chi connectivity index (χ1n) is 19.3. The molecular formula is C42H43N4O6+. The summed E-state index contributed by atoms with van der Waals surface area (Å²) in [6.45, 7) is 5.09. The van der Waals surface area contributed by atoms with Gasteiger partial charge in [-0.15, -0.1) is 5.06 Å². The van der Waals surface area contributed by atoms with Gasteiger partial charge in [-0.25, -0.2) is 9.37 Å². The highest BCUT2D eigenvalue weighted by molar-refractivity contribution is 6.03. The number of hydroxylamine groups is 2. The van der Waals surface area contributed by atoms with Gasteiger partial charge in [-0.05, 0) is 80.7 Å². The summed E-state index contributed by atoms with van der Waals surface area (Å²) in [5, 5.41) is 3.08. The van der Waals surface area contributed by atoms with Crippen molar-refractivity contribution in [2.45, 2.75) is 77.0 Å². The van der Waals surface area contributed by atoms with E-state index in [1.54, 1.807) is 0 Å². The van der Waals surface area contributed by atoms with Crippen molar-refractivity contribution in [3.63, 3.8) is 0 Å². The number of carbonyl (C=O) groups is 4. The molecule has 0 spiro atoms. The topological polar surface area (TPSA) is 99.5 Å². The van der Waals surface area contributed by atoms with E-state index in [1.165, 1.54) is 33.3 Å². The molecule has 0 unspecified atom stereocenters. The number of imide groups is 1. The smallest absolute Gasteiger partial charge is 0.336 e. The van der Waals surface area contributed by atoms with E-state index in [-0.39, 0.29) is 18.7 Å². The Morgan fingerprint density at radius 1 is 0.750 bits per heavy atom. The van der Waals surface area contributed by atoms with Crippen LogP contribution in [0.3, 0.4) is 0 Å². The number of nitrogens with zero attached hydrogens (tertiary/aromatic N) is 4. The van der Waals surface area contributed by atoms with Crippen molar-refractivity contribution in [3.05, 3.63) is 85.9 Å². The second kappa shape index (κ2) is 12.3. The molecule has 52 heavy (non-hydrogen) atoms. The van der Waals surface area contributed by atoms with E-state index in [4.69, 9.17) is 9.57 Å². The first kappa shape index (κ1) is 31.7. The lowest BCUT2D eigenvalue weighted by Crippen LogP contribution is -2.45. The van der Waals surface area contributed by atoms with Crippen molar-refractivity contribution < 1.29 is 28.8 Å². The van der Waals surface area contributed by atoms with Crippen LogP contribution >= 0.6 is 0 Å². The summed E-state index contributed by atoms with van der Waals surface area (Å²) in [4.78, 5) is 61.2. The Kier molecular flexibility index (Phi) is 7.51. The number of anilines is 1. The third-order valence-electron chi connectivity index (χ3n) is 12.4. The van der Waals surface area contributed by atoms with E-state index in [0.29, 0.717) is 36.6 Å². The number of ether oxygens (including phenoxy) is 1. The molecule has 7 aliphatic rings. The molecule has 2 fully saturated rings. The van der Waals surface area contributed by atoms with Crippen LogP contribution in [-0.2, 0) is 44.9 Å². The molecule has 3 aromatic carbocycles. The normalized spacial score (nSPS) is 20.6. The van der Waals surface area contributed by atoms with Gasteiger partial charge in [0, 0.05) is 90.6 Å². The monoisotopic (exact) mass is 699 g/mol. The maximum Gasteiger partial charge on any atom is 0.336 e. The van der Waals surface area contributed by atoms with Crippen molar-refractivity contribution in [2.24, 2.45) is 5.92 Å². The van der Waals surface area contributed by atoms with E-state index in [9.17, 15) is 19.2 Å².